The summed E-state index contributed by atoms with van der Waals surface area (Å²) < 4.78 is 14.9. The number of benzene rings is 2. The number of hydrogen-bond acceptors (Lipinski definition) is 4. The van der Waals surface area contributed by atoms with Gasteiger partial charge in [0.2, 0.25) is 0 Å². The molecule has 1 saturated heterocycles. The van der Waals surface area contributed by atoms with E-state index in [0.717, 1.165) is 17.8 Å². The lowest BCUT2D eigenvalue weighted by atomic mass is 9.94. The average Bonchev–Trinajstić information content (AvgIpc) is 3.40. The van der Waals surface area contributed by atoms with Crippen molar-refractivity contribution in [3.8, 4) is 5.69 Å². The Morgan fingerprint density at radius 2 is 2.07 bits per heavy atom. The fourth-order valence-electron chi connectivity index (χ4n) is 3.59. The molecule has 1 amide bonds. The number of carbonyl (C=O) groups excluding carboxylic acids is 1. The zero-order valence-electron chi connectivity index (χ0n) is 15.5. The van der Waals surface area contributed by atoms with Gasteiger partial charge in [-0.25, -0.2) is 14.5 Å². The number of amides is 1. The standard InChI is InChI=1S/C21H22FN5O/c1-26(14-17-13-23-25-20(17)15-6-8-18(22)9-7-15)21(28)16-4-2-5-19(12-16)27-11-3-10-24-27/h2-12,17,20,23,25H,13-14H2,1H3. The third kappa shape index (κ3) is 3.81. The molecule has 2 aromatic carbocycles. The van der Waals surface area contributed by atoms with Gasteiger partial charge in [0.25, 0.3) is 5.91 Å². The summed E-state index contributed by atoms with van der Waals surface area (Å²) in [6.45, 7) is 1.31. The fourth-order valence-corrected chi connectivity index (χ4v) is 3.59. The Balaban J connectivity index is 1.47. The van der Waals surface area contributed by atoms with Crippen LogP contribution in [0.25, 0.3) is 5.69 Å². The van der Waals surface area contributed by atoms with Gasteiger partial charge in [0.1, 0.15) is 5.82 Å². The highest BCUT2D eigenvalue weighted by molar-refractivity contribution is 5.94. The first-order valence-electron chi connectivity index (χ1n) is 9.21. The van der Waals surface area contributed by atoms with Crippen LogP contribution in [-0.2, 0) is 0 Å². The summed E-state index contributed by atoms with van der Waals surface area (Å²) in [6, 6.07) is 15.8. The Kier molecular flexibility index (Phi) is 5.18. The first kappa shape index (κ1) is 18.3. The number of rotatable bonds is 5. The number of nitrogens with one attached hydrogen (secondary N) is 2. The van der Waals surface area contributed by atoms with E-state index in [9.17, 15) is 9.18 Å². The van der Waals surface area contributed by atoms with Gasteiger partial charge in [-0.15, -0.1) is 0 Å². The second kappa shape index (κ2) is 7.92. The van der Waals surface area contributed by atoms with Crippen molar-refractivity contribution in [3.05, 3.63) is 83.9 Å². The second-order valence-corrected chi connectivity index (χ2v) is 7.00. The molecular weight excluding hydrogens is 357 g/mol. The topological polar surface area (TPSA) is 62.2 Å². The highest BCUT2D eigenvalue weighted by Crippen LogP contribution is 2.26. The van der Waals surface area contributed by atoms with E-state index in [1.54, 1.807) is 27.9 Å². The third-order valence-corrected chi connectivity index (χ3v) is 5.04. The summed E-state index contributed by atoms with van der Waals surface area (Å²) in [5.41, 5.74) is 8.85. The van der Waals surface area contributed by atoms with Gasteiger partial charge in [0.05, 0.1) is 11.7 Å². The summed E-state index contributed by atoms with van der Waals surface area (Å²) in [4.78, 5) is 14.7. The summed E-state index contributed by atoms with van der Waals surface area (Å²) >= 11 is 0. The molecule has 1 fully saturated rings. The number of halogens is 1. The fraction of sp³-hybridized carbons (Fsp3) is 0.238. The highest BCUT2D eigenvalue weighted by atomic mass is 19.1. The van der Waals surface area contributed by atoms with Crippen molar-refractivity contribution >= 4 is 5.91 Å². The first-order chi connectivity index (χ1) is 13.6. The van der Waals surface area contributed by atoms with Gasteiger partial charge < -0.3 is 4.90 Å². The lowest BCUT2D eigenvalue weighted by Gasteiger charge is -2.25. The van der Waals surface area contributed by atoms with Crippen LogP contribution in [0.1, 0.15) is 22.0 Å². The predicted octanol–water partition coefficient (Wildman–Crippen LogP) is 2.55. The molecule has 0 aliphatic carbocycles. The van der Waals surface area contributed by atoms with Crippen molar-refractivity contribution in [1.82, 2.24) is 25.5 Å². The van der Waals surface area contributed by atoms with Crippen molar-refractivity contribution in [3.63, 3.8) is 0 Å². The molecule has 0 spiro atoms. The highest BCUT2D eigenvalue weighted by Gasteiger charge is 2.30. The van der Waals surface area contributed by atoms with E-state index < -0.39 is 0 Å². The molecule has 1 aliphatic rings. The monoisotopic (exact) mass is 379 g/mol. The molecule has 0 bridgehead atoms. The molecule has 28 heavy (non-hydrogen) atoms. The van der Waals surface area contributed by atoms with Crippen LogP contribution in [-0.4, -0.2) is 40.7 Å². The van der Waals surface area contributed by atoms with Crippen LogP contribution in [0.3, 0.4) is 0 Å². The molecule has 7 heteroatoms. The molecular formula is C21H22FN5O. The molecule has 2 atom stereocenters. The van der Waals surface area contributed by atoms with Gasteiger partial charge in [0, 0.05) is 44.0 Å². The predicted molar refractivity (Wildman–Crippen MR) is 104 cm³/mol. The zero-order chi connectivity index (χ0) is 19.5. The van der Waals surface area contributed by atoms with E-state index in [1.807, 2.05) is 43.6 Å². The van der Waals surface area contributed by atoms with Gasteiger partial charge >= 0.3 is 0 Å². The molecule has 0 radical (unpaired) electrons. The number of aromatic nitrogens is 2. The Morgan fingerprint density at radius 1 is 1.25 bits per heavy atom. The van der Waals surface area contributed by atoms with Gasteiger partial charge in [0.15, 0.2) is 0 Å². The summed E-state index contributed by atoms with van der Waals surface area (Å²) in [6.07, 6.45) is 3.55. The molecule has 3 aromatic rings. The molecule has 0 saturated carbocycles. The van der Waals surface area contributed by atoms with Crippen molar-refractivity contribution in [2.75, 3.05) is 20.1 Å². The van der Waals surface area contributed by atoms with Crippen molar-refractivity contribution in [2.45, 2.75) is 6.04 Å². The smallest absolute Gasteiger partial charge is 0.253 e. The average molecular weight is 379 g/mol. The van der Waals surface area contributed by atoms with Crippen LogP contribution in [0.2, 0.25) is 0 Å². The SMILES string of the molecule is CN(CC1CNNC1c1ccc(F)cc1)C(=O)c1cccc(-n2cccn2)c1. The quantitative estimate of drug-likeness (QED) is 0.715. The van der Waals surface area contributed by atoms with Gasteiger partial charge in [-0.05, 0) is 42.0 Å². The molecule has 2 heterocycles. The van der Waals surface area contributed by atoms with Crippen LogP contribution in [0, 0.1) is 11.7 Å². The maximum Gasteiger partial charge on any atom is 0.253 e. The van der Waals surface area contributed by atoms with E-state index in [-0.39, 0.29) is 23.7 Å². The third-order valence-electron chi connectivity index (χ3n) is 5.04. The zero-order valence-corrected chi connectivity index (χ0v) is 15.5. The summed E-state index contributed by atoms with van der Waals surface area (Å²) in [5.74, 6) is -0.122. The van der Waals surface area contributed by atoms with Crippen LogP contribution in [0.5, 0.6) is 0 Å². The second-order valence-electron chi connectivity index (χ2n) is 7.00. The molecule has 1 aliphatic heterocycles. The first-order valence-corrected chi connectivity index (χ1v) is 9.21. The number of hydrazine groups is 1. The molecule has 144 valence electrons. The maximum absolute atomic E-state index is 13.2. The molecule has 2 unspecified atom stereocenters. The van der Waals surface area contributed by atoms with Gasteiger partial charge in [-0.2, -0.15) is 5.10 Å². The Bertz CT molecular complexity index is 942. The number of carbonyl (C=O) groups is 1. The Hall–Kier alpha value is -3.03. The van der Waals surface area contributed by atoms with Crippen molar-refractivity contribution < 1.29 is 9.18 Å². The van der Waals surface area contributed by atoms with E-state index in [0.29, 0.717) is 12.1 Å². The lowest BCUT2D eigenvalue weighted by molar-refractivity contribution is 0.0771. The number of nitrogens with zero attached hydrogens (tertiary/aromatic N) is 3. The Morgan fingerprint density at radius 3 is 2.82 bits per heavy atom. The van der Waals surface area contributed by atoms with Gasteiger partial charge in [-0.3, -0.25) is 10.2 Å². The van der Waals surface area contributed by atoms with Crippen LogP contribution >= 0.6 is 0 Å². The number of hydrogen-bond donors (Lipinski definition) is 2. The van der Waals surface area contributed by atoms with Crippen molar-refractivity contribution in [2.24, 2.45) is 5.92 Å². The molecule has 1 aromatic heterocycles. The minimum atomic E-state index is -0.254. The van der Waals surface area contributed by atoms with Crippen LogP contribution in [0.15, 0.2) is 67.0 Å². The largest absolute Gasteiger partial charge is 0.341 e. The van der Waals surface area contributed by atoms with Gasteiger partial charge in [-0.1, -0.05) is 18.2 Å². The van der Waals surface area contributed by atoms with Crippen LogP contribution in [0.4, 0.5) is 4.39 Å². The lowest BCUT2D eigenvalue weighted by Crippen LogP contribution is -2.34. The van der Waals surface area contributed by atoms with Crippen LogP contribution < -0.4 is 10.9 Å². The minimum absolute atomic E-state index is 0.0197. The Labute approximate surface area is 162 Å². The van der Waals surface area contributed by atoms with E-state index >= 15 is 0 Å². The molecule has 4 rings (SSSR count). The van der Waals surface area contributed by atoms with Crippen molar-refractivity contribution in [1.29, 1.82) is 0 Å². The van der Waals surface area contributed by atoms with E-state index in [4.69, 9.17) is 0 Å². The minimum Gasteiger partial charge on any atom is -0.341 e. The maximum atomic E-state index is 13.2. The summed E-state index contributed by atoms with van der Waals surface area (Å²) in [7, 11) is 1.81. The molecule has 6 nitrogen and oxygen atoms in total. The van der Waals surface area contributed by atoms with E-state index in [2.05, 4.69) is 16.0 Å². The molecule has 2 N–H and O–H groups in total. The summed E-state index contributed by atoms with van der Waals surface area (Å²) in [5, 5.41) is 4.21. The normalized spacial score (nSPS) is 18.9. The van der Waals surface area contributed by atoms with E-state index in [1.165, 1.54) is 12.1 Å².